The standard InChI is InChI=1S/C13H27N3O2S/c1-5-16(10-13(2,3)18)9-7-12(17)15(4)8-6-11(14)19/h18H,5-10H2,1-4H3,(H2,14,19). The Morgan fingerprint density at radius 3 is 2.32 bits per heavy atom. The molecule has 0 saturated carbocycles. The predicted molar refractivity (Wildman–Crippen MR) is 82.1 cm³/mol. The average Bonchev–Trinajstić information content (AvgIpc) is 2.29. The van der Waals surface area contributed by atoms with Gasteiger partial charge in [-0.25, -0.2) is 0 Å². The van der Waals surface area contributed by atoms with E-state index in [-0.39, 0.29) is 5.91 Å². The molecule has 0 spiro atoms. The number of carbonyl (C=O) groups is 1. The maximum Gasteiger partial charge on any atom is 0.223 e. The van der Waals surface area contributed by atoms with Gasteiger partial charge in [0.1, 0.15) is 0 Å². The van der Waals surface area contributed by atoms with Crippen molar-refractivity contribution in [3.63, 3.8) is 0 Å². The van der Waals surface area contributed by atoms with Crippen LogP contribution in [0.2, 0.25) is 0 Å². The highest BCUT2D eigenvalue weighted by molar-refractivity contribution is 7.80. The van der Waals surface area contributed by atoms with Crippen molar-refractivity contribution in [1.82, 2.24) is 9.80 Å². The van der Waals surface area contributed by atoms with E-state index < -0.39 is 5.60 Å². The average molecular weight is 289 g/mol. The SMILES string of the molecule is CCN(CCC(=O)N(C)CCC(N)=S)CC(C)(C)O. The number of nitrogens with zero attached hydrogens (tertiary/aromatic N) is 2. The number of hydrogen-bond donors (Lipinski definition) is 2. The van der Waals surface area contributed by atoms with Gasteiger partial charge in [0, 0.05) is 39.5 Å². The first-order valence-electron chi connectivity index (χ1n) is 6.62. The van der Waals surface area contributed by atoms with Gasteiger partial charge < -0.3 is 20.6 Å². The summed E-state index contributed by atoms with van der Waals surface area (Å²) >= 11 is 4.79. The Morgan fingerprint density at radius 1 is 1.32 bits per heavy atom. The van der Waals surface area contributed by atoms with Crippen LogP contribution in [0, 0.1) is 0 Å². The normalized spacial score (nSPS) is 11.7. The number of likely N-dealkylation sites (N-methyl/N-ethyl adjacent to an activating group) is 1. The molecule has 3 N–H and O–H groups in total. The molecule has 19 heavy (non-hydrogen) atoms. The Hall–Kier alpha value is -0.720. The fraction of sp³-hybridized carbons (Fsp3) is 0.846. The summed E-state index contributed by atoms with van der Waals surface area (Å²) in [5.41, 5.74) is 4.67. The molecule has 0 aliphatic rings. The topological polar surface area (TPSA) is 69.8 Å². The number of amides is 1. The summed E-state index contributed by atoms with van der Waals surface area (Å²) < 4.78 is 0. The molecule has 6 heteroatoms. The monoisotopic (exact) mass is 289 g/mol. The van der Waals surface area contributed by atoms with Crippen LogP contribution in [0.5, 0.6) is 0 Å². The van der Waals surface area contributed by atoms with E-state index in [2.05, 4.69) is 4.90 Å². The second-order valence-electron chi connectivity index (χ2n) is 5.46. The van der Waals surface area contributed by atoms with Crippen molar-refractivity contribution in [1.29, 1.82) is 0 Å². The van der Waals surface area contributed by atoms with Crippen molar-refractivity contribution in [3.8, 4) is 0 Å². The largest absolute Gasteiger partial charge is 0.393 e. The van der Waals surface area contributed by atoms with Gasteiger partial charge in [0.25, 0.3) is 0 Å². The number of thiocarbonyl (C=S) groups is 1. The molecule has 0 radical (unpaired) electrons. The van der Waals surface area contributed by atoms with Crippen molar-refractivity contribution in [2.75, 3.05) is 33.2 Å². The van der Waals surface area contributed by atoms with Crippen molar-refractivity contribution < 1.29 is 9.90 Å². The van der Waals surface area contributed by atoms with Crippen LogP contribution in [-0.4, -0.2) is 64.6 Å². The maximum absolute atomic E-state index is 11.9. The van der Waals surface area contributed by atoms with Crippen molar-refractivity contribution in [3.05, 3.63) is 0 Å². The first kappa shape index (κ1) is 18.3. The van der Waals surface area contributed by atoms with Gasteiger partial charge in [-0.2, -0.15) is 0 Å². The van der Waals surface area contributed by atoms with Crippen LogP contribution in [0.4, 0.5) is 0 Å². The number of aliphatic hydroxyl groups is 1. The van der Waals surface area contributed by atoms with Crippen LogP contribution in [-0.2, 0) is 4.79 Å². The van der Waals surface area contributed by atoms with Crippen LogP contribution in [0.1, 0.15) is 33.6 Å². The van der Waals surface area contributed by atoms with E-state index >= 15 is 0 Å². The Bertz CT molecular complexity index is 303. The van der Waals surface area contributed by atoms with E-state index in [4.69, 9.17) is 18.0 Å². The first-order chi connectivity index (χ1) is 8.65. The van der Waals surface area contributed by atoms with Crippen molar-refractivity contribution >= 4 is 23.1 Å². The van der Waals surface area contributed by atoms with Gasteiger partial charge >= 0.3 is 0 Å². The molecule has 0 aromatic heterocycles. The lowest BCUT2D eigenvalue weighted by atomic mass is 10.1. The third-order valence-corrected chi connectivity index (χ3v) is 3.02. The van der Waals surface area contributed by atoms with Gasteiger partial charge in [0.05, 0.1) is 10.6 Å². The molecule has 0 unspecified atom stereocenters. The first-order valence-corrected chi connectivity index (χ1v) is 7.03. The van der Waals surface area contributed by atoms with Gasteiger partial charge in [0.2, 0.25) is 5.91 Å². The molecule has 112 valence electrons. The summed E-state index contributed by atoms with van der Waals surface area (Å²) in [4.78, 5) is 16.0. The lowest BCUT2D eigenvalue weighted by molar-refractivity contribution is -0.130. The van der Waals surface area contributed by atoms with Crippen molar-refractivity contribution in [2.24, 2.45) is 5.73 Å². The van der Waals surface area contributed by atoms with E-state index in [1.165, 1.54) is 0 Å². The molecule has 0 aromatic carbocycles. The number of rotatable bonds is 9. The van der Waals surface area contributed by atoms with Crippen LogP contribution >= 0.6 is 12.2 Å². The fourth-order valence-electron chi connectivity index (χ4n) is 1.74. The minimum absolute atomic E-state index is 0.0745. The molecule has 5 nitrogen and oxygen atoms in total. The third-order valence-electron chi connectivity index (χ3n) is 2.82. The molecule has 0 heterocycles. The Morgan fingerprint density at radius 2 is 1.89 bits per heavy atom. The van der Waals surface area contributed by atoms with Crippen LogP contribution < -0.4 is 5.73 Å². The second-order valence-corrected chi connectivity index (χ2v) is 5.99. The highest BCUT2D eigenvalue weighted by Gasteiger charge is 2.18. The summed E-state index contributed by atoms with van der Waals surface area (Å²) in [6.45, 7) is 8.15. The van der Waals surface area contributed by atoms with E-state index in [9.17, 15) is 9.90 Å². The Kier molecular flexibility index (Phi) is 8.13. The number of nitrogens with two attached hydrogens (primary N) is 1. The minimum atomic E-state index is -0.739. The molecular weight excluding hydrogens is 262 g/mol. The summed E-state index contributed by atoms with van der Waals surface area (Å²) in [7, 11) is 1.76. The highest BCUT2D eigenvalue weighted by atomic mass is 32.1. The summed E-state index contributed by atoms with van der Waals surface area (Å²) in [6.07, 6.45) is 0.997. The summed E-state index contributed by atoms with van der Waals surface area (Å²) in [5, 5.41) is 9.77. The zero-order valence-electron chi connectivity index (χ0n) is 12.5. The molecule has 0 bridgehead atoms. The molecule has 0 rings (SSSR count). The smallest absolute Gasteiger partial charge is 0.223 e. The number of carbonyl (C=O) groups excluding carboxylic acids is 1. The maximum atomic E-state index is 11.9. The van der Waals surface area contributed by atoms with Crippen LogP contribution in [0.15, 0.2) is 0 Å². The third kappa shape index (κ3) is 9.81. The fourth-order valence-corrected chi connectivity index (χ4v) is 1.83. The van der Waals surface area contributed by atoms with E-state index in [0.717, 1.165) is 6.54 Å². The Labute approximate surface area is 121 Å². The second kappa shape index (κ2) is 8.45. The van der Waals surface area contributed by atoms with E-state index in [1.54, 1.807) is 25.8 Å². The molecule has 0 aromatic rings. The van der Waals surface area contributed by atoms with Crippen molar-refractivity contribution in [2.45, 2.75) is 39.2 Å². The molecule has 0 aliphatic heterocycles. The van der Waals surface area contributed by atoms with Crippen LogP contribution in [0.3, 0.4) is 0 Å². The van der Waals surface area contributed by atoms with Gasteiger partial charge in [-0.1, -0.05) is 19.1 Å². The zero-order valence-corrected chi connectivity index (χ0v) is 13.3. The van der Waals surface area contributed by atoms with Crippen LogP contribution in [0.25, 0.3) is 0 Å². The summed E-state index contributed by atoms with van der Waals surface area (Å²) in [6, 6.07) is 0. The predicted octanol–water partition coefficient (Wildman–Crippen LogP) is 0.604. The van der Waals surface area contributed by atoms with Gasteiger partial charge in [-0.3, -0.25) is 4.79 Å². The van der Waals surface area contributed by atoms with E-state index in [1.807, 2.05) is 6.92 Å². The lowest BCUT2D eigenvalue weighted by Crippen LogP contribution is -2.40. The lowest BCUT2D eigenvalue weighted by Gasteiger charge is -2.28. The van der Waals surface area contributed by atoms with E-state index in [0.29, 0.717) is 37.5 Å². The molecule has 0 saturated heterocycles. The molecule has 0 atom stereocenters. The quantitative estimate of drug-likeness (QED) is 0.609. The van der Waals surface area contributed by atoms with Gasteiger partial charge in [-0.05, 0) is 20.4 Å². The molecule has 0 fully saturated rings. The molecule has 0 aliphatic carbocycles. The number of hydrogen-bond acceptors (Lipinski definition) is 4. The molecular formula is C13H27N3O2S. The molecule has 1 amide bonds. The minimum Gasteiger partial charge on any atom is -0.393 e. The Balaban J connectivity index is 4.08. The summed E-state index contributed by atoms with van der Waals surface area (Å²) in [5.74, 6) is 0.0745. The zero-order chi connectivity index (χ0) is 15.1. The highest BCUT2D eigenvalue weighted by Crippen LogP contribution is 2.06. The van der Waals surface area contributed by atoms with Gasteiger partial charge in [-0.15, -0.1) is 0 Å². The van der Waals surface area contributed by atoms with Gasteiger partial charge in [0.15, 0.2) is 0 Å².